The van der Waals surface area contributed by atoms with Crippen molar-refractivity contribution in [3.8, 4) is 11.4 Å². The Morgan fingerprint density at radius 3 is 2.29 bits per heavy atom. The van der Waals surface area contributed by atoms with Crippen LogP contribution in [0.1, 0.15) is 139 Å². The lowest BCUT2D eigenvalue weighted by Crippen LogP contribution is -2.64. The SMILES string of the molecule is CCC1/C=C(\C)CC(C)CC(OC)C2OC(O)(C(=O)C(=O)N3CCCCC3C(=O)OC(C(C)=CC3CCC(OCc4cccc(-c5ncc[nH]5)c4)C(OC)C3)C(C)C(O[Si](C)(C)C(C)(C)C)CC1=O)C(C)CC2OC. The van der Waals surface area contributed by atoms with Crippen molar-refractivity contribution in [2.75, 3.05) is 27.9 Å². The van der Waals surface area contributed by atoms with Gasteiger partial charge in [0.1, 0.15) is 29.9 Å². The number of allylic oxidation sites excluding steroid dienone is 3. The maximum atomic E-state index is 15.1. The molecule has 14 atom stereocenters. The van der Waals surface area contributed by atoms with E-state index in [0.717, 1.165) is 40.9 Å². The number of aromatic nitrogens is 2. The van der Waals surface area contributed by atoms with Gasteiger partial charge in [0.05, 0.1) is 37.1 Å². The molecule has 6 rings (SSSR count). The Hall–Kier alpha value is -3.87. The van der Waals surface area contributed by atoms with Crippen molar-refractivity contribution in [2.24, 2.45) is 29.6 Å². The lowest BCUT2D eigenvalue weighted by molar-refractivity contribution is -0.302. The Balaban J connectivity index is 1.37. The number of benzene rings is 1. The summed E-state index contributed by atoms with van der Waals surface area (Å²) in [5.74, 6) is -6.10. The average molecular weight is 1060 g/mol. The summed E-state index contributed by atoms with van der Waals surface area (Å²) in [5, 5.41) is 12.1. The third kappa shape index (κ3) is 14.6. The Bertz CT molecular complexity index is 2290. The lowest BCUT2D eigenvalue weighted by atomic mass is 9.81. The van der Waals surface area contributed by atoms with Gasteiger partial charge in [-0.25, -0.2) is 9.78 Å². The molecular formula is C59H91N3O12Si. The number of amides is 1. The van der Waals surface area contributed by atoms with Gasteiger partial charge < -0.3 is 47.8 Å². The summed E-state index contributed by atoms with van der Waals surface area (Å²) >= 11 is 0. The number of cyclic esters (lactones) is 1. The molecule has 1 aliphatic carbocycles. The molecule has 0 radical (unpaired) electrons. The summed E-state index contributed by atoms with van der Waals surface area (Å²) in [4.78, 5) is 68.0. The number of piperidine rings is 1. The van der Waals surface area contributed by atoms with Crippen LogP contribution in [0, 0.1) is 29.6 Å². The van der Waals surface area contributed by atoms with Gasteiger partial charge in [0.2, 0.25) is 5.79 Å². The molecule has 3 aliphatic heterocycles. The van der Waals surface area contributed by atoms with E-state index in [1.165, 1.54) is 4.90 Å². The number of ketones is 2. The van der Waals surface area contributed by atoms with Gasteiger partial charge in [-0.15, -0.1) is 0 Å². The first kappa shape index (κ1) is 60.4. The van der Waals surface area contributed by atoms with E-state index in [4.69, 9.17) is 32.8 Å². The van der Waals surface area contributed by atoms with E-state index in [-0.39, 0.29) is 66.6 Å². The summed E-state index contributed by atoms with van der Waals surface area (Å²) in [7, 11) is 2.27. The number of carbonyl (C=O) groups is 4. The highest BCUT2D eigenvalue weighted by atomic mass is 28.4. The Morgan fingerprint density at radius 2 is 1.64 bits per heavy atom. The predicted molar refractivity (Wildman–Crippen MR) is 291 cm³/mol. The van der Waals surface area contributed by atoms with Crippen molar-refractivity contribution < 1.29 is 57.1 Å². The fourth-order valence-electron chi connectivity index (χ4n) is 11.7. The zero-order valence-electron chi connectivity index (χ0n) is 47.6. The molecule has 2 aromatic rings. The maximum absolute atomic E-state index is 15.1. The number of hydrogen-bond acceptors (Lipinski definition) is 13. The molecule has 1 aromatic heterocycles. The zero-order chi connectivity index (χ0) is 55.0. The first-order chi connectivity index (χ1) is 35.4. The smallest absolute Gasteiger partial charge is 0.329 e. The first-order valence-electron chi connectivity index (χ1n) is 27.8. The van der Waals surface area contributed by atoms with E-state index in [9.17, 15) is 19.5 Å². The van der Waals surface area contributed by atoms with Crippen molar-refractivity contribution in [3.63, 3.8) is 0 Å². The fraction of sp³-hybridized carbons (Fsp3) is 0.712. The molecule has 2 bridgehead atoms. The molecule has 1 aromatic carbocycles. The normalized spacial score (nSPS) is 34.5. The molecule has 418 valence electrons. The molecule has 15 nitrogen and oxygen atoms in total. The molecule has 0 spiro atoms. The summed E-state index contributed by atoms with van der Waals surface area (Å²) in [6, 6.07) is 7.03. The number of fused-ring (bicyclic) bond motifs is 3. The van der Waals surface area contributed by atoms with Gasteiger partial charge in [-0.2, -0.15) is 0 Å². The minimum Gasteiger partial charge on any atom is -0.456 e. The lowest BCUT2D eigenvalue weighted by Gasteiger charge is -2.47. The van der Waals surface area contributed by atoms with Crippen molar-refractivity contribution in [1.82, 2.24) is 14.9 Å². The summed E-state index contributed by atoms with van der Waals surface area (Å²) in [5.41, 5.74) is 3.86. The number of nitrogens with zero attached hydrogens (tertiary/aromatic N) is 2. The standard InChI is InChI=1S/C59H91N3O12Si/c1-15-43-28-36(2)27-37(3)29-50(69-11)53-51(70-12)31-39(5)59(67,73-53)54(64)56(65)62-26-17-16-21-45(62)57(66)72-52(40(6)48(34-46(43)63)74-75(13,14)58(7,8)9)38(4)30-41-22-23-47(49(33-41)68-10)71-35-42-19-18-20-44(32-42)55-60-24-25-61-55/h18-20,24-25,28,30,32,37,39-41,43,45,47-53,67H,15-17,21-23,26-27,29,31,33-35H2,1-14H3,(H,60,61)/b36-28+,38-30?. The van der Waals surface area contributed by atoms with Gasteiger partial charge in [-0.1, -0.05) is 84.4 Å². The molecule has 1 amide bonds. The highest BCUT2D eigenvalue weighted by molar-refractivity contribution is 6.74. The number of imidazole rings is 1. The van der Waals surface area contributed by atoms with E-state index in [1.807, 2.05) is 45.9 Å². The Morgan fingerprint density at radius 1 is 0.933 bits per heavy atom. The minimum atomic E-state index is -2.56. The van der Waals surface area contributed by atoms with Gasteiger partial charge >= 0.3 is 5.97 Å². The van der Waals surface area contributed by atoms with Crippen LogP contribution in [0.5, 0.6) is 0 Å². The molecule has 2 saturated heterocycles. The molecule has 2 N–H and O–H groups in total. The van der Waals surface area contributed by atoms with Gasteiger partial charge in [-0.05, 0) is 125 Å². The molecule has 14 unspecified atom stereocenters. The van der Waals surface area contributed by atoms with Crippen molar-refractivity contribution in [3.05, 3.63) is 65.5 Å². The van der Waals surface area contributed by atoms with Crippen LogP contribution >= 0.6 is 0 Å². The molecule has 4 heterocycles. The third-order valence-electron chi connectivity index (χ3n) is 17.3. The zero-order valence-corrected chi connectivity index (χ0v) is 48.6. The van der Waals surface area contributed by atoms with Crippen LogP contribution in [0.4, 0.5) is 0 Å². The number of methoxy groups -OCH3 is 3. The molecule has 4 aliphatic rings. The molecule has 75 heavy (non-hydrogen) atoms. The molecule has 1 saturated carbocycles. The second kappa shape index (κ2) is 26.2. The quantitative estimate of drug-likeness (QED) is 0.0887. The Labute approximate surface area is 448 Å². The van der Waals surface area contributed by atoms with Crippen LogP contribution in [0.15, 0.2) is 60.0 Å². The third-order valence-corrected chi connectivity index (χ3v) is 21.8. The number of aromatic amines is 1. The average Bonchev–Trinajstić information content (AvgIpc) is 3.93. The topological polar surface area (TPSA) is 185 Å². The van der Waals surface area contributed by atoms with Crippen molar-refractivity contribution in [2.45, 2.75) is 212 Å². The second-order valence-electron chi connectivity index (χ2n) is 23.9. The van der Waals surface area contributed by atoms with E-state index in [2.05, 4.69) is 69.0 Å². The monoisotopic (exact) mass is 1060 g/mol. The largest absolute Gasteiger partial charge is 0.456 e. The highest BCUT2D eigenvalue weighted by Crippen LogP contribution is 2.42. The van der Waals surface area contributed by atoms with E-state index >= 15 is 4.79 Å². The van der Waals surface area contributed by atoms with E-state index in [0.29, 0.717) is 45.1 Å². The van der Waals surface area contributed by atoms with Gasteiger partial charge in [-0.3, -0.25) is 14.4 Å². The van der Waals surface area contributed by atoms with E-state index in [1.54, 1.807) is 40.6 Å². The van der Waals surface area contributed by atoms with Crippen molar-refractivity contribution in [1.29, 1.82) is 0 Å². The van der Waals surface area contributed by atoms with Crippen LogP contribution in [-0.4, -0.2) is 134 Å². The first-order valence-corrected chi connectivity index (χ1v) is 30.7. The second-order valence-corrected chi connectivity index (χ2v) is 28.7. The highest BCUT2D eigenvalue weighted by Gasteiger charge is 2.57. The predicted octanol–water partition coefficient (Wildman–Crippen LogP) is 10.1. The summed E-state index contributed by atoms with van der Waals surface area (Å²) in [6.45, 7) is 23.2. The number of aliphatic hydroxyl groups is 1. The van der Waals surface area contributed by atoms with E-state index < -0.39 is 80.2 Å². The molecular weight excluding hydrogens is 971 g/mol. The van der Waals surface area contributed by atoms with Crippen LogP contribution < -0.4 is 0 Å². The fourth-order valence-corrected chi connectivity index (χ4v) is 13.1. The number of esters is 1. The van der Waals surface area contributed by atoms with Crippen LogP contribution in [0.2, 0.25) is 18.1 Å². The number of Topliss-reactive ketones (excluding diaryl/α,β-unsaturated/α-hetero) is 2. The number of carbonyl (C=O) groups excluding carboxylic acids is 4. The number of H-pyrrole nitrogens is 1. The van der Waals surface area contributed by atoms with Crippen LogP contribution in [0.3, 0.4) is 0 Å². The maximum Gasteiger partial charge on any atom is 0.329 e. The number of ether oxygens (including phenoxy) is 6. The number of rotatable bonds is 12. The van der Waals surface area contributed by atoms with Crippen LogP contribution in [0.25, 0.3) is 11.4 Å². The molecule has 16 heteroatoms. The molecule has 3 fully saturated rings. The van der Waals surface area contributed by atoms with Gasteiger partial charge in [0, 0.05) is 70.0 Å². The minimum absolute atomic E-state index is 0.0392. The van der Waals surface area contributed by atoms with Gasteiger partial charge in [0.15, 0.2) is 8.32 Å². The number of nitrogens with one attached hydrogen (secondary N) is 1. The Kier molecular flexibility index (Phi) is 21.1. The summed E-state index contributed by atoms with van der Waals surface area (Å²) < 4.78 is 45.0. The van der Waals surface area contributed by atoms with Crippen LogP contribution in [-0.2, 0) is 58.6 Å². The number of hydrogen-bond donors (Lipinski definition) is 2. The van der Waals surface area contributed by atoms with Gasteiger partial charge in [0.25, 0.3) is 11.7 Å². The van der Waals surface area contributed by atoms with Crippen molar-refractivity contribution >= 4 is 31.8 Å². The summed E-state index contributed by atoms with van der Waals surface area (Å²) in [6.07, 6.45) is 9.59.